The minimum Gasteiger partial charge on any atom is -1.00 e. The first-order valence-corrected chi connectivity index (χ1v) is 2.35. The number of rotatable bonds is 0. The molecule has 1 rings (SSSR count). The molecule has 1 aliphatic rings. The predicted octanol–water partition coefficient (Wildman–Crippen LogP) is -3.59. The quantitative estimate of drug-likeness (QED) is 0.394. The Morgan fingerprint density at radius 1 is 1.62 bits per heavy atom. The zero-order chi connectivity index (χ0) is 5.28. The van der Waals surface area contributed by atoms with Gasteiger partial charge in [-0.25, -0.2) is 4.99 Å². The van der Waals surface area contributed by atoms with Crippen LogP contribution in [0.3, 0.4) is 0 Å². The van der Waals surface area contributed by atoms with Crippen LogP contribution >= 0.6 is 0 Å². The molecular weight excluding hydrogens is 168 g/mol. The maximum Gasteiger partial charge on any atom is 0.202 e. The molecule has 0 fully saturated rings. The molecule has 1 atom stereocenters. The number of quaternary nitrogens is 1. The van der Waals surface area contributed by atoms with Crippen molar-refractivity contribution in [2.24, 2.45) is 4.99 Å². The van der Waals surface area contributed by atoms with E-state index >= 15 is 0 Å². The van der Waals surface area contributed by atoms with Gasteiger partial charge in [0.2, 0.25) is 5.84 Å². The van der Waals surface area contributed by atoms with E-state index < -0.39 is 0 Å². The molecule has 0 aromatic heterocycles. The lowest BCUT2D eigenvalue weighted by atomic mass is 10.6. The van der Waals surface area contributed by atoms with Crippen LogP contribution in [0.5, 0.6) is 0 Å². The van der Waals surface area contributed by atoms with E-state index in [9.17, 15) is 0 Å². The largest absolute Gasteiger partial charge is 1.00 e. The summed E-state index contributed by atoms with van der Waals surface area (Å²) in [6.45, 7) is 2.01. The van der Waals surface area contributed by atoms with Gasteiger partial charge in [0.15, 0.2) is 0 Å². The number of amidine groups is 1. The lowest BCUT2D eigenvalue weighted by Gasteiger charge is -1.96. The lowest BCUT2D eigenvalue weighted by Crippen LogP contribution is -3.05. The van der Waals surface area contributed by atoms with Gasteiger partial charge in [-0.1, -0.05) is 0 Å². The van der Waals surface area contributed by atoms with Crippen molar-refractivity contribution in [1.29, 1.82) is 0 Å². The summed E-state index contributed by atoms with van der Waals surface area (Å²) < 4.78 is 0. The molecule has 0 aromatic carbocycles. The van der Waals surface area contributed by atoms with Crippen molar-refractivity contribution >= 4 is 5.84 Å². The summed E-state index contributed by atoms with van der Waals surface area (Å²) in [4.78, 5) is 5.29. The molecule has 0 amide bonds. The van der Waals surface area contributed by atoms with E-state index in [1.807, 2.05) is 19.3 Å². The topological polar surface area (TPSA) is 16.8 Å². The molecule has 1 aliphatic heterocycles. The van der Waals surface area contributed by atoms with E-state index in [0.29, 0.717) is 0 Å². The van der Waals surface area contributed by atoms with Crippen molar-refractivity contribution in [3.63, 3.8) is 0 Å². The summed E-state index contributed by atoms with van der Waals surface area (Å²) in [5, 5.41) is 0. The van der Waals surface area contributed by atoms with Crippen LogP contribution in [0.15, 0.2) is 17.4 Å². The van der Waals surface area contributed by atoms with Gasteiger partial charge < -0.3 is 17.0 Å². The van der Waals surface area contributed by atoms with Crippen LogP contribution in [0.25, 0.3) is 0 Å². The molecule has 1 heterocycles. The molecule has 2 nitrogen and oxygen atoms in total. The summed E-state index contributed by atoms with van der Waals surface area (Å²) in [5.41, 5.74) is 0. The zero-order valence-electron chi connectivity index (χ0n) is 4.98. The first-order chi connectivity index (χ1) is 3.30. The molecule has 0 bridgehead atoms. The second-order valence-electron chi connectivity index (χ2n) is 1.71. The fourth-order valence-electron chi connectivity index (χ4n) is 0.483. The summed E-state index contributed by atoms with van der Waals surface area (Å²) >= 11 is 0. The molecular formula is C5H9BrN2. The van der Waals surface area contributed by atoms with Gasteiger partial charge in [-0.3, -0.25) is 4.90 Å². The van der Waals surface area contributed by atoms with Gasteiger partial charge in [-0.15, -0.1) is 0 Å². The SMILES string of the molecule is CC1=NC=C[NH+]1C.[Br-]. The molecule has 1 N–H and O–H groups in total. The van der Waals surface area contributed by atoms with Gasteiger partial charge in [-0.2, -0.15) is 0 Å². The third kappa shape index (κ3) is 1.42. The first kappa shape index (κ1) is 7.85. The number of hydrogen-bond acceptors (Lipinski definition) is 1. The minimum absolute atomic E-state index is 0. The average Bonchev–Trinajstić information content (AvgIpc) is 1.91. The van der Waals surface area contributed by atoms with Crippen molar-refractivity contribution in [1.82, 2.24) is 0 Å². The van der Waals surface area contributed by atoms with Crippen molar-refractivity contribution in [3.05, 3.63) is 12.4 Å². The van der Waals surface area contributed by atoms with E-state index in [0.717, 1.165) is 5.84 Å². The third-order valence-corrected chi connectivity index (χ3v) is 1.16. The Morgan fingerprint density at radius 2 is 2.25 bits per heavy atom. The van der Waals surface area contributed by atoms with Gasteiger partial charge in [0.1, 0.15) is 6.20 Å². The molecule has 46 valence electrons. The standard InChI is InChI=1S/C5H8N2.BrH/c1-5-6-3-4-7(5)2;/h3-4H,1-2H3;1H. The molecule has 0 spiro atoms. The maximum atomic E-state index is 4.02. The van der Waals surface area contributed by atoms with E-state index in [-0.39, 0.29) is 17.0 Å². The van der Waals surface area contributed by atoms with Gasteiger partial charge in [0, 0.05) is 6.92 Å². The molecule has 0 radical (unpaired) electrons. The lowest BCUT2D eigenvalue weighted by molar-refractivity contribution is -0.718. The molecule has 0 saturated heterocycles. The zero-order valence-corrected chi connectivity index (χ0v) is 6.57. The molecule has 1 unspecified atom stereocenters. The van der Waals surface area contributed by atoms with Crippen LogP contribution in [-0.4, -0.2) is 12.9 Å². The fourth-order valence-corrected chi connectivity index (χ4v) is 0.483. The normalized spacial score (nSPS) is 24.8. The van der Waals surface area contributed by atoms with Crippen molar-refractivity contribution in [2.45, 2.75) is 6.92 Å². The molecule has 0 saturated carbocycles. The monoisotopic (exact) mass is 176 g/mol. The van der Waals surface area contributed by atoms with Crippen LogP contribution < -0.4 is 21.9 Å². The smallest absolute Gasteiger partial charge is 0.202 e. The van der Waals surface area contributed by atoms with Gasteiger partial charge in [0.05, 0.1) is 13.2 Å². The van der Waals surface area contributed by atoms with E-state index in [4.69, 9.17) is 0 Å². The summed E-state index contributed by atoms with van der Waals surface area (Å²) in [7, 11) is 2.06. The summed E-state index contributed by atoms with van der Waals surface area (Å²) in [5.74, 6) is 1.14. The van der Waals surface area contributed by atoms with Crippen molar-refractivity contribution in [2.75, 3.05) is 7.05 Å². The molecule has 0 aromatic rings. The predicted molar refractivity (Wildman–Crippen MR) is 29.1 cm³/mol. The van der Waals surface area contributed by atoms with Crippen LogP contribution in [0.2, 0.25) is 0 Å². The summed E-state index contributed by atoms with van der Waals surface area (Å²) in [6.07, 6.45) is 3.83. The van der Waals surface area contributed by atoms with E-state index in [1.54, 1.807) is 0 Å². The Kier molecular flexibility index (Phi) is 2.94. The Balaban J connectivity index is 0.000000490. The highest BCUT2D eigenvalue weighted by Crippen LogP contribution is 1.75. The van der Waals surface area contributed by atoms with E-state index in [1.165, 1.54) is 4.90 Å². The number of nitrogens with one attached hydrogen (secondary N) is 1. The molecule has 0 aliphatic carbocycles. The number of nitrogens with zero attached hydrogens (tertiary/aromatic N) is 1. The minimum atomic E-state index is 0. The first-order valence-electron chi connectivity index (χ1n) is 2.35. The highest BCUT2D eigenvalue weighted by molar-refractivity contribution is 5.72. The van der Waals surface area contributed by atoms with Gasteiger partial charge in [0.25, 0.3) is 0 Å². The Hall–Kier alpha value is -0.150. The Morgan fingerprint density at radius 3 is 2.38 bits per heavy atom. The van der Waals surface area contributed by atoms with Crippen molar-refractivity contribution < 1.29 is 21.9 Å². The Bertz CT molecular complexity index is 128. The third-order valence-electron chi connectivity index (χ3n) is 1.16. The van der Waals surface area contributed by atoms with Gasteiger partial charge >= 0.3 is 0 Å². The molecule has 8 heavy (non-hydrogen) atoms. The maximum absolute atomic E-state index is 4.02. The molecule has 3 heteroatoms. The van der Waals surface area contributed by atoms with Crippen LogP contribution in [-0.2, 0) is 0 Å². The number of aliphatic imine (C=N–C) groups is 1. The van der Waals surface area contributed by atoms with E-state index in [2.05, 4.69) is 12.0 Å². The second-order valence-corrected chi connectivity index (χ2v) is 1.71. The average molecular weight is 177 g/mol. The fraction of sp³-hybridized carbons (Fsp3) is 0.400. The van der Waals surface area contributed by atoms with Crippen molar-refractivity contribution in [3.8, 4) is 0 Å². The van der Waals surface area contributed by atoms with Gasteiger partial charge in [-0.05, 0) is 0 Å². The Labute approximate surface area is 59.7 Å². The summed E-state index contributed by atoms with van der Waals surface area (Å²) in [6, 6.07) is 0. The second kappa shape index (κ2) is 2.99. The van der Waals surface area contributed by atoms with Crippen LogP contribution in [0.1, 0.15) is 6.92 Å². The van der Waals surface area contributed by atoms with Crippen LogP contribution in [0.4, 0.5) is 0 Å². The highest BCUT2D eigenvalue weighted by atomic mass is 79.9. The van der Waals surface area contributed by atoms with Crippen LogP contribution in [0, 0.1) is 0 Å². The number of halogens is 1. The number of hydrogen-bond donors (Lipinski definition) is 1. The highest BCUT2D eigenvalue weighted by Gasteiger charge is 2.04.